The quantitative estimate of drug-likeness (QED) is 0.723. The van der Waals surface area contributed by atoms with Crippen molar-refractivity contribution in [1.82, 2.24) is 15.5 Å². The standard InChI is InChI=1S/C17H35N3O2/c1-6-11-20(16(21)22-17(3,4)5)12-10-18-14(2)13-15-8-7-9-19-15/h14-15,18-19H,6-13H2,1-5H3. The number of rotatable bonds is 8. The molecule has 0 aromatic carbocycles. The van der Waals surface area contributed by atoms with Crippen molar-refractivity contribution in [2.45, 2.75) is 78.0 Å². The normalized spacial score (nSPS) is 20.0. The fourth-order valence-corrected chi connectivity index (χ4v) is 2.80. The summed E-state index contributed by atoms with van der Waals surface area (Å²) in [6, 6.07) is 1.12. The van der Waals surface area contributed by atoms with Crippen LogP contribution in [0.3, 0.4) is 0 Å². The number of ether oxygens (including phenoxy) is 1. The number of carbonyl (C=O) groups is 1. The zero-order valence-corrected chi connectivity index (χ0v) is 15.1. The molecule has 1 aliphatic heterocycles. The summed E-state index contributed by atoms with van der Waals surface area (Å²) in [6.07, 6.45) is 4.47. The zero-order chi connectivity index (χ0) is 16.6. The maximum Gasteiger partial charge on any atom is 0.410 e. The summed E-state index contributed by atoms with van der Waals surface area (Å²) in [6.45, 7) is 13.4. The largest absolute Gasteiger partial charge is 0.444 e. The number of carbonyl (C=O) groups excluding carboxylic acids is 1. The summed E-state index contributed by atoms with van der Waals surface area (Å²) in [5.74, 6) is 0. The van der Waals surface area contributed by atoms with Crippen LogP contribution in [0.5, 0.6) is 0 Å². The molecule has 1 aliphatic rings. The van der Waals surface area contributed by atoms with E-state index in [4.69, 9.17) is 4.74 Å². The van der Waals surface area contributed by atoms with Crippen LogP contribution in [0.2, 0.25) is 0 Å². The molecule has 2 N–H and O–H groups in total. The highest BCUT2D eigenvalue weighted by Gasteiger charge is 2.22. The summed E-state index contributed by atoms with van der Waals surface area (Å²) in [4.78, 5) is 14.0. The zero-order valence-electron chi connectivity index (χ0n) is 15.1. The molecule has 0 bridgehead atoms. The molecular formula is C17H35N3O2. The molecule has 5 heteroatoms. The van der Waals surface area contributed by atoms with Gasteiger partial charge < -0.3 is 20.3 Å². The molecule has 0 aliphatic carbocycles. The monoisotopic (exact) mass is 313 g/mol. The third kappa shape index (κ3) is 7.99. The highest BCUT2D eigenvalue weighted by molar-refractivity contribution is 5.68. The minimum atomic E-state index is -0.433. The average molecular weight is 313 g/mol. The topological polar surface area (TPSA) is 53.6 Å². The van der Waals surface area contributed by atoms with Gasteiger partial charge in [0.25, 0.3) is 0 Å². The Kier molecular flexibility index (Phi) is 8.18. The first-order chi connectivity index (χ1) is 10.3. The van der Waals surface area contributed by atoms with Crippen molar-refractivity contribution < 1.29 is 9.53 Å². The molecule has 22 heavy (non-hydrogen) atoms. The van der Waals surface area contributed by atoms with Crippen molar-refractivity contribution in [3.05, 3.63) is 0 Å². The summed E-state index contributed by atoms with van der Waals surface area (Å²) < 4.78 is 5.47. The lowest BCUT2D eigenvalue weighted by Gasteiger charge is -2.28. The number of hydrogen-bond acceptors (Lipinski definition) is 4. The molecule has 1 saturated heterocycles. The van der Waals surface area contributed by atoms with Gasteiger partial charge in [0.05, 0.1) is 0 Å². The van der Waals surface area contributed by atoms with Crippen LogP contribution in [0, 0.1) is 0 Å². The maximum absolute atomic E-state index is 12.2. The highest BCUT2D eigenvalue weighted by atomic mass is 16.6. The number of nitrogens with one attached hydrogen (secondary N) is 2. The Morgan fingerprint density at radius 1 is 1.41 bits per heavy atom. The van der Waals surface area contributed by atoms with Crippen molar-refractivity contribution in [1.29, 1.82) is 0 Å². The van der Waals surface area contributed by atoms with Crippen LogP contribution in [0.1, 0.15) is 60.3 Å². The smallest absolute Gasteiger partial charge is 0.410 e. The van der Waals surface area contributed by atoms with Gasteiger partial charge in [-0.25, -0.2) is 4.79 Å². The predicted octanol–water partition coefficient (Wildman–Crippen LogP) is 2.75. The van der Waals surface area contributed by atoms with Gasteiger partial charge in [-0.05, 0) is 59.9 Å². The second kappa shape index (κ2) is 9.36. The van der Waals surface area contributed by atoms with Crippen LogP contribution in [0.15, 0.2) is 0 Å². The van der Waals surface area contributed by atoms with Crippen molar-refractivity contribution in [3.63, 3.8) is 0 Å². The predicted molar refractivity (Wildman–Crippen MR) is 91.2 cm³/mol. The van der Waals surface area contributed by atoms with Crippen LogP contribution in [-0.2, 0) is 4.74 Å². The number of nitrogens with zero attached hydrogens (tertiary/aromatic N) is 1. The molecule has 1 amide bonds. The lowest BCUT2D eigenvalue weighted by Crippen LogP contribution is -2.43. The third-order valence-corrected chi connectivity index (χ3v) is 3.82. The molecule has 0 spiro atoms. The van der Waals surface area contributed by atoms with Gasteiger partial charge >= 0.3 is 6.09 Å². The summed E-state index contributed by atoms with van der Waals surface area (Å²) >= 11 is 0. The Labute approximate surface area is 136 Å². The van der Waals surface area contributed by atoms with Gasteiger partial charge in [0.2, 0.25) is 0 Å². The van der Waals surface area contributed by atoms with Gasteiger partial charge in [0, 0.05) is 31.7 Å². The minimum absolute atomic E-state index is 0.207. The maximum atomic E-state index is 12.2. The lowest BCUT2D eigenvalue weighted by molar-refractivity contribution is 0.0250. The molecule has 2 unspecified atom stereocenters. The van der Waals surface area contributed by atoms with E-state index in [1.165, 1.54) is 12.8 Å². The summed E-state index contributed by atoms with van der Waals surface area (Å²) in [5, 5.41) is 7.05. The Morgan fingerprint density at radius 3 is 2.68 bits per heavy atom. The van der Waals surface area contributed by atoms with Crippen molar-refractivity contribution >= 4 is 6.09 Å². The van der Waals surface area contributed by atoms with Crippen molar-refractivity contribution in [3.8, 4) is 0 Å². The van der Waals surface area contributed by atoms with Crippen LogP contribution < -0.4 is 10.6 Å². The third-order valence-electron chi connectivity index (χ3n) is 3.82. The minimum Gasteiger partial charge on any atom is -0.444 e. The van der Waals surface area contributed by atoms with E-state index < -0.39 is 5.60 Å². The molecular weight excluding hydrogens is 278 g/mol. The van der Waals surface area contributed by atoms with E-state index in [0.29, 0.717) is 18.6 Å². The first-order valence-corrected chi connectivity index (χ1v) is 8.76. The molecule has 2 atom stereocenters. The second-order valence-corrected chi connectivity index (χ2v) is 7.35. The van der Waals surface area contributed by atoms with Gasteiger partial charge in [-0.2, -0.15) is 0 Å². The average Bonchev–Trinajstić information content (AvgIpc) is 2.88. The summed E-state index contributed by atoms with van der Waals surface area (Å²) in [7, 11) is 0. The van der Waals surface area contributed by atoms with E-state index in [1.807, 2.05) is 20.8 Å². The highest BCUT2D eigenvalue weighted by Crippen LogP contribution is 2.11. The Morgan fingerprint density at radius 2 is 2.14 bits per heavy atom. The number of hydrogen-bond donors (Lipinski definition) is 2. The van der Waals surface area contributed by atoms with E-state index >= 15 is 0 Å². The van der Waals surface area contributed by atoms with Crippen molar-refractivity contribution in [2.24, 2.45) is 0 Å². The molecule has 1 heterocycles. The number of amides is 1. The fraction of sp³-hybridized carbons (Fsp3) is 0.941. The molecule has 1 rings (SSSR count). The van der Waals surface area contributed by atoms with Gasteiger partial charge in [0.1, 0.15) is 5.60 Å². The van der Waals surface area contributed by atoms with Gasteiger partial charge in [0.15, 0.2) is 0 Å². The van der Waals surface area contributed by atoms with Crippen LogP contribution in [0.25, 0.3) is 0 Å². The van der Waals surface area contributed by atoms with E-state index in [9.17, 15) is 4.79 Å². The van der Waals surface area contributed by atoms with E-state index in [2.05, 4.69) is 24.5 Å². The van der Waals surface area contributed by atoms with Crippen LogP contribution in [-0.4, -0.2) is 54.9 Å². The fourth-order valence-electron chi connectivity index (χ4n) is 2.80. The van der Waals surface area contributed by atoms with Gasteiger partial charge in [-0.1, -0.05) is 6.92 Å². The Hall–Kier alpha value is -0.810. The Bertz CT molecular complexity index is 322. The molecule has 5 nitrogen and oxygen atoms in total. The van der Waals surface area contributed by atoms with Crippen LogP contribution >= 0.6 is 0 Å². The van der Waals surface area contributed by atoms with Crippen molar-refractivity contribution in [2.75, 3.05) is 26.2 Å². The summed E-state index contributed by atoms with van der Waals surface area (Å²) in [5.41, 5.74) is -0.433. The SMILES string of the molecule is CCCN(CCNC(C)CC1CCCN1)C(=O)OC(C)(C)C. The molecule has 1 fully saturated rings. The molecule has 0 saturated carbocycles. The van der Waals surface area contributed by atoms with E-state index in [-0.39, 0.29) is 6.09 Å². The van der Waals surface area contributed by atoms with Gasteiger partial charge in [-0.15, -0.1) is 0 Å². The Balaban J connectivity index is 2.29. The molecule has 0 aromatic heterocycles. The second-order valence-electron chi connectivity index (χ2n) is 7.35. The lowest BCUT2D eigenvalue weighted by atomic mass is 10.1. The molecule has 0 aromatic rings. The first kappa shape index (κ1) is 19.2. The van der Waals surface area contributed by atoms with Gasteiger partial charge in [-0.3, -0.25) is 0 Å². The first-order valence-electron chi connectivity index (χ1n) is 8.76. The molecule has 130 valence electrons. The van der Waals surface area contributed by atoms with E-state index in [1.54, 1.807) is 4.90 Å². The van der Waals surface area contributed by atoms with E-state index in [0.717, 1.165) is 32.5 Å². The molecule has 0 radical (unpaired) electrons. The van der Waals surface area contributed by atoms with Crippen LogP contribution in [0.4, 0.5) is 4.79 Å².